The number of aromatic nitrogens is 3. The molecule has 0 saturated carbocycles. The van der Waals surface area contributed by atoms with Crippen LogP contribution in [0.2, 0.25) is 0 Å². The second-order valence-electron chi connectivity index (χ2n) is 5.28. The molecular weight excluding hydrogens is 304 g/mol. The van der Waals surface area contributed by atoms with Crippen molar-refractivity contribution < 1.29 is 4.92 Å². The molecular formula is C13H18N6O2S. The summed E-state index contributed by atoms with van der Waals surface area (Å²) >= 11 is 1.67. The SMILES string of the molecule is Cn1cnc([N+](=O)[O-])c1NCCc1csc(N2CCCC2)n1. The third kappa shape index (κ3) is 3.03. The molecule has 2 aromatic heterocycles. The Morgan fingerprint density at radius 3 is 2.95 bits per heavy atom. The van der Waals surface area contributed by atoms with Crippen LogP contribution in [0.4, 0.5) is 16.8 Å². The summed E-state index contributed by atoms with van der Waals surface area (Å²) in [7, 11) is 1.73. The number of nitro groups is 1. The molecule has 118 valence electrons. The van der Waals surface area contributed by atoms with Gasteiger partial charge in [0.05, 0.1) is 5.69 Å². The maximum atomic E-state index is 10.9. The number of thiazole rings is 1. The zero-order valence-corrected chi connectivity index (χ0v) is 13.2. The first-order valence-electron chi connectivity index (χ1n) is 7.24. The van der Waals surface area contributed by atoms with E-state index in [9.17, 15) is 10.1 Å². The van der Waals surface area contributed by atoms with E-state index < -0.39 is 4.92 Å². The summed E-state index contributed by atoms with van der Waals surface area (Å²) in [5.41, 5.74) is 1.02. The third-order valence-corrected chi connectivity index (χ3v) is 4.63. The van der Waals surface area contributed by atoms with E-state index in [1.54, 1.807) is 23.0 Å². The van der Waals surface area contributed by atoms with E-state index in [1.807, 2.05) is 0 Å². The summed E-state index contributed by atoms with van der Waals surface area (Å²) in [6.45, 7) is 2.77. The lowest BCUT2D eigenvalue weighted by atomic mass is 10.3. The molecule has 1 N–H and O–H groups in total. The Hall–Kier alpha value is -2.16. The first kappa shape index (κ1) is 14.8. The molecule has 1 fully saturated rings. The van der Waals surface area contributed by atoms with Crippen molar-refractivity contribution in [3.05, 3.63) is 27.5 Å². The molecule has 0 spiro atoms. The maximum Gasteiger partial charge on any atom is 0.406 e. The van der Waals surface area contributed by atoms with E-state index in [-0.39, 0.29) is 5.82 Å². The summed E-state index contributed by atoms with van der Waals surface area (Å²) < 4.78 is 1.62. The minimum Gasteiger partial charge on any atom is -0.364 e. The van der Waals surface area contributed by atoms with Crippen LogP contribution in [-0.2, 0) is 13.5 Å². The van der Waals surface area contributed by atoms with Crippen molar-refractivity contribution in [1.82, 2.24) is 14.5 Å². The Kier molecular flexibility index (Phi) is 4.23. The predicted molar refractivity (Wildman–Crippen MR) is 85.6 cm³/mol. The van der Waals surface area contributed by atoms with Gasteiger partial charge in [-0.2, -0.15) is 0 Å². The molecule has 1 aliphatic rings. The first-order chi connectivity index (χ1) is 10.6. The normalized spacial score (nSPS) is 14.5. The lowest BCUT2D eigenvalue weighted by molar-refractivity contribution is -0.388. The van der Waals surface area contributed by atoms with Crippen LogP contribution in [0.1, 0.15) is 18.5 Å². The van der Waals surface area contributed by atoms with Gasteiger partial charge in [0, 0.05) is 38.5 Å². The number of nitrogens with zero attached hydrogens (tertiary/aromatic N) is 5. The topological polar surface area (TPSA) is 89.1 Å². The molecule has 0 amide bonds. The lowest BCUT2D eigenvalue weighted by Gasteiger charge is -2.12. The van der Waals surface area contributed by atoms with Crippen LogP contribution in [0, 0.1) is 10.1 Å². The molecule has 3 heterocycles. The fraction of sp³-hybridized carbons (Fsp3) is 0.538. The van der Waals surface area contributed by atoms with Crippen molar-refractivity contribution in [3.63, 3.8) is 0 Å². The van der Waals surface area contributed by atoms with E-state index >= 15 is 0 Å². The van der Waals surface area contributed by atoms with Gasteiger partial charge in [-0.05, 0) is 22.7 Å². The number of aryl methyl sites for hydroxylation is 1. The van der Waals surface area contributed by atoms with Gasteiger partial charge in [-0.25, -0.2) is 4.98 Å². The van der Waals surface area contributed by atoms with E-state index in [2.05, 4.69) is 25.6 Å². The Labute approximate surface area is 131 Å². The highest BCUT2D eigenvalue weighted by Gasteiger charge is 2.20. The summed E-state index contributed by atoms with van der Waals surface area (Å²) in [4.78, 5) is 21.1. The molecule has 0 bridgehead atoms. The van der Waals surface area contributed by atoms with Crippen molar-refractivity contribution >= 4 is 28.1 Å². The van der Waals surface area contributed by atoms with E-state index in [1.165, 1.54) is 19.2 Å². The van der Waals surface area contributed by atoms with Crippen molar-refractivity contribution in [1.29, 1.82) is 0 Å². The predicted octanol–water partition coefficient (Wildman–Crippen LogP) is 2.04. The molecule has 0 aromatic carbocycles. The smallest absolute Gasteiger partial charge is 0.364 e. The number of nitrogens with one attached hydrogen (secondary N) is 1. The summed E-state index contributed by atoms with van der Waals surface area (Å²) in [5.74, 6) is 0.290. The highest BCUT2D eigenvalue weighted by atomic mass is 32.1. The Balaban J connectivity index is 1.57. The number of hydrogen-bond acceptors (Lipinski definition) is 7. The highest BCUT2D eigenvalue weighted by Crippen LogP contribution is 2.25. The van der Waals surface area contributed by atoms with Gasteiger partial charge < -0.3 is 20.3 Å². The number of rotatable bonds is 6. The molecule has 1 saturated heterocycles. The van der Waals surface area contributed by atoms with Crippen molar-refractivity contribution in [2.45, 2.75) is 19.3 Å². The van der Waals surface area contributed by atoms with Crippen molar-refractivity contribution in [2.24, 2.45) is 7.05 Å². The monoisotopic (exact) mass is 322 g/mol. The van der Waals surface area contributed by atoms with Crippen LogP contribution >= 0.6 is 11.3 Å². The van der Waals surface area contributed by atoms with Crippen LogP contribution in [0.25, 0.3) is 0 Å². The molecule has 0 atom stereocenters. The molecule has 22 heavy (non-hydrogen) atoms. The van der Waals surface area contributed by atoms with Gasteiger partial charge in [-0.15, -0.1) is 11.3 Å². The van der Waals surface area contributed by atoms with Gasteiger partial charge in [0.15, 0.2) is 5.13 Å². The number of hydrogen-bond donors (Lipinski definition) is 1. The second kappa shape index (κ2) is 6.30. The number of imidazole rings is 1. The molecule has 8 nitrogen and oxygen atoms in total. The number of anilines is 2. The Bertz CT molecular complexity index is 661. The van der Waals surface area contributed by atoms with Crippen molar-refractivity contribution in [3.8, 4) is 0 Å². The lowest BCUT2D eigenvalue weighted by Crippen LogP contribution is -2.17. The largest absolute Gasteiger partial charge is 0.406 e. The Morgan fingerprint density at radius 1 is 1.45 bits per heavy atom. The van der Waals surface area contributed by atoms with E-state index in [4.69, 9.17) is 0 Å². The van der Waals surface area contributed by atoms with Gasteiger partial charge in [-0.3, -0.25) is 4.57 Å². The fourth-order valence-corrected chi connectivity index (χ4v) is 3.44. The van der Waals surface area contributed by atoms with E-state index in [0.717, 1.165) is 30.3 Å². The molecule has 0 radical (unpaired) electrons. The second-order valence-corrected chi connectivity index (χ2v) is 6.11. The van der Waals surface area contributed by atoms with Gasteiger partial charge >= 0.3 is 5.82 Å². The standard InChI is InChI=1S/C13H18N6O2S/c1-17-9-15-12(19(20)21)11(17)14-5-4-10-8-22-13(16-10)18-6-2-3-7-18/h8-9,14H,2-7H2,1H3. The van der Waals surface area contributed by atoms with Crippen LogP contribution in [-0.4, -0.2) is 39.1 Å². The summed E-state index contributed by atoms with van der Waals surface area (Å²) in [5, 5.41) is 17.1. The maximum absolute atomic E-state index is 10.9. The van der Waals surface area contributed by atoms with E-state index in [0.29, 0.717) is 12.4 Å². The molecule has 0 unspecified atom stereocenters. The summed E-state index contributed by atoms with van der Waals surface area (Å²) in [6.07, 6.45) is 4.64. The third-order valence-electron chi connectivity index (χ3n) is 3.68. The quantitative estimate of drug-likeness (QED) is 0.646. The average molecular weight is 322 g/mol. The zero-order valence-electron chi connectivity index (χ0n) is 12.4. The highest BCUT2D eigenvalue weighted by molar-refractivity contribution is 7.13. The first-order valence-corrected chi connectivity index (χ1v) is 8.12. The van der Waals surface area contributed by atoms with Gasteiger partial charge in [0.2, 0.25) is 12.1 Å². The van der Waals surface area contributed by atoms with Gasteiger partial charge in [0.25, 0.3) is 0 Å². The Morgan fingerprint density at radius 2 is 2.23 bits per heavy atom. The molecule has 9 heteroatoms. The molecule has 0 aliphatic carbocycles. The van der Waals surface area contributed by atoms with Gasteiger partial charge in [0.1, 0.15) is 0 Å². The molecule has 3 rings (SSSR count). The molecule has 1 aliphatic heterocycles. The fourth-order valence-electron chi connectivity index (χ4n) is 2.53. The zero-order chi connectivity index (χ0) is 15.5. The minimum absolute atomic E-state index is 0.140. The van der Waals surface area contributed by atoms with Crippen molar-refractivity contribution in [2.75, 3.05) is 29.9 Å². The van der Waals surface area contributed by atoms with Crippen LogP contribution in [0.3, 0.4) is 0 Å². The van der Waals surface area contributed by atoms with Gasteiger partial charge in [-0.1, -0.05) is 0 Å². The minimum atomic E-state index is -0.476. The molecule has 2 aromatic rings. The van der Waals surface area contributed by atoms with Crippen LogP contribution in [0.5, 0.6) is 0 Å². The van der Waals surface area contributed by atoms with Crippen LogP contribution < -0.4 is 10.2 Å². The average Bonchev–Trinajstić information content (AvgIpc) is 3.20. The summed E-state index contributed by atoms with van der Waals surface area (Å²) in [6, 6.07) is 0. The van der Waals surface area contributed by atoms with Crippen LogP contribution in [0.15, 0.2) is 11.7 Å².